The van der Waals surface area contributed by atoms with Gasteiger partial charge in [-0.05, 0) is 36.4 Å². The quantitative estimate of drug-likeness (QED) is 0.338. The van der Waals surface area contributed by atoms with Gasteiger partial charge in [0.2, 0.25) is 0 Å². The number of hydrogen-bond donors (Lipinski definition) is 0. The van der Waals surface area contributed by atoms with Gasteiger partial charge in [0.1, 0.15) is 41.7 Å². The van der Waals surface area contributed by atoms with Gasteiger partial charge in [0.05, 0.1) is 31.9 Å². The fourth-order valence-electron chi connectivity index (χ4n) is 4.98. The zero-order chi connectivity index (χ0) is 25.1. The number of fused-ring (bicyclic) bond motifs is 2. The zero-order valence-corrected chi connectivity index (χ0v) is 18.7. The first kappa shape index (κ1) is 22.6. The molecule has 0 aliphatic carbocycles. The average Bonchev–Trinajstić information content (AvgIpc) is 2.83. The van der Waals surface area contributed by atoms with Gasteiger partial charge in [0.25, 0.3) is 0 Å². The molecule has 4 nitrogen and oxygen atoms in total. The first-order valence-electron chi connectivity index (χ1n) is 11.4. The van der Waals surface area contributed by atoms with Gasteiger partial charge in [0.15, 0.2) is 11.6 Å². The number of anilines is 2. The van der Waals surface area contributed by atoms with Gasteiger partial charge in [-0.2, -0.15) is 0 Å². The summed E-state index contributed by atoms with van der Waals surface area (Å²) in [6, 6.07) is 7.67. The van der Waals surface area contributed by atoms with E-state index in [-0.39, 0.29) is 44.0 Å². The van der Waals surface area contributed by atoms with Crippen LogP contribution in [0.5, 0.6) is 5.75 Å². The van der Waals surface area contributed by atoms with E-state index in [2.05, 4.69) is 0 Å². The lowest BCUT2D eigenvalue weighted by molar-refractivity contribution is 0.121. The van der Waals surface area contributed by atoms with E-state index in [9.17, 15) is 22.0 Å². The minimum absolute atomic E-state index is 0.127. The molecule has 0 amide bonds. The maximum absolute atomic E-state index is 15.5. The highest BCUT2D eigenvalue weighted by Gasteiger charge is 2.37. The molecule has 0 bridgehead atoms. The Labute approximate surface area is 202 Å². The molecule has 3 aromatic rings. The van der Waals surface area contributed by atoms with E-state index in [1.54, 1.807) is 14.9 Å². The van der Waals surface area contributed by atoms with Crippen LogP contribution < -0.4 is 14.8 Å². The molecular weight excluding hydrogens is 484 g/mol. The molecule has 10 heteroatoms. The molecule has 1 saturated heterocycles. The summed E-state index contributed by atoms with van der Waals surface area (Å²) in [4.78, 5) is 1.76. The van der Waals surface area contributed by atoms with Crippen molar-refractivity contribution in [3.63, 3.8) is 0 Å². The standard InChI is InChI=1S/C26H19F6N3O/c27-14-1-4-23-22(11-14)34(7-8-36-23)35-6-5-21(33-12-16(29)13-33)17-2-3-19(30)24(26(17)35)18-9-15(28)10-20(31)25(18)32/h1-5,9-11,16H,6-8,12-13H2. The summed E-state index contributed by atoms with van der Waals surface area (Å²) >= 11 is 0. The lowest BCUT2D eigenvalue weighted by Crippen LogP contribution is -2.51. The van der Waals surface area contributed by atoms with Crippen LogP contribution in [-0.4, -0.2) is 43.9 Å². The first-order chi connectivity index (χ1) is 17.3. The second-order valence-electron chi connectivity index (χ2n) is 8.83. The van der Waals surface area contributed by atoms with Crippen LogP contribution in [-0.2, 0) is 0 Å². The van der Waals surface area contributed by atoms with Gasteiger partial charge < -0.3 is 9.64 Å². The van der Waals surface area contributed by atoms with Gasteiger partial charge in [-0.1, -0.05) is 0 Å². The van der Waals surface area contributed by atoms with Crippen LogP contribution in [0.15, 0.2) is 48.5 Å². The van der Waals surface area contributed by atoms with Gasteiger partial charge in [-0.3, -0.25) is 10.0 Å². The molecular formula is C26H19F6N3O. The van der Waals surface area contributed by atoms with Gasteiger partial charge in [-0.25, -0.2) is 26.3 Å². The van der Waals surface area contributed by atoms with Crippen LogP contribution in [0.3, 0.4) is 0 Å². The minimum Gasteiger partial charge on any atom is -0.489 e. The Hall–Kier alpha value is -3.82. The van der Waals surface area contributed by atoms with Gasteiger partial charge >= 0.3 is 0 Å². The summed E-state index contributed by atoms with van der Waals surface area (Å²) in [5, 5.41) is 3.27. The SMILES string of the molecule is Fc1cc(F)c(F)c(-c2c(F)ccc3c2N(N2CCOc4ccc(F)cc42)CC=C3N2CC(F)C2)c1. The van der Waals surface area contributed by atoms with Crippen LogP contribution >= 0.6 is 0 Å². The number of halogens is 6. The highest BCUT2D eigenvalue weighted by Crippen LogP contribution is 2.47. The molecule has 0 atom stereocenters. The molecule has 186 valence electrons. The summed E-state index contributed by atoms with van der Waals surface area (Å²) in [6.07, 6.45) is 0.795. The normalized spacial score (nSPS) is 17.3. The highest BCUT2D eigenvalue weighted by atomic mass is 19.2. The lowest BCUT2D eigenvalue weighted by Gasteiger charge is -2.47. The van der Waals surface area contributed by atoms with E-state index in [0.717, 1.165) is 12.1 Å². The van der Waals surface area contributed by atoms with Crippen LogP contribution in [0.25, 0.3) is 16.8 Å². The largest absolute Gasteiger partial charge is 0.489 e. The number of hydrogen-bond acceptors (Lipinski definition) is 4. The van der Waals surface area contributed by atoms with E-state index < -0.39 is 40.8 Å². The van der Waals surface area contributed by atoms with Crippen LogP contribution in [0.4, 0.5) is 37.7 Å². The Bertz CT molecular complexity index is 1400. The van der Waals surface area contributed by atoms with E-state index in [1.165, 1.54) is 24.3 Å². The average molecular weight is 503 g/mol. The summed E-state index contributed by atoms with van der Waals surface area (Å²) in [6.45, 7) is 0.857. The number of nitrogens with zero attached hydrogens (tertiary/aromatic N) is 3. The molecule has 0 radical (unpaired) electrons. The number of likely N-dealkylation sites (tertiary alicyclic amines) is 1. The number of rotatable bonds is 3. The highest BCUT2D eigenvalue weighted by molar-refractivity contribution is 5.92. The fourth-order valence-corrected chi connectivity index (χ4v) is 4.98. The number of benzene rings is 3. The number of ether oxygens (including phenoxy) is 1. The third-order valence-electron chi connectivity index (χ3n) is 6.61. The molecule has 0 aromatic heterocycles. The molecule has 0 saturated carbocycles. The smallest absolute Gasteiger partial charge is 0.167 e. The van der Waals surface area contributed by atoms with Crippen molar-refractivity contribution in [1.82, 2.24) is 4.90 Å². The summed E-state index contributed by atoms with van der Waals surface area (Å²) in [5.74, 6) is -4.96. The van der Waals surface area contributed by atoms with E-state index >= 15 is 4.39 Å². The summed E-state index contributed by atoms with van der Waals surface area (Å²) in [7, 11) is 0. The van der Waals surface area contributed by atoms with Crippen molar-refractivity contribution in [2.75, 3.05) is 42.8 Å². The monoisotopic (exact) mass is 503 g/mol. The van der Waals surface area contributed by atoms with Gasteiger partial charge in [-0.15, -0.1) is 0 Å². The van der Waals surface area contributed by atoms with Crippen LogP contribution in [0, 0.1) is 29.1 Å². The molecule has 3 aliphatic rings. The Morgan fingerprint density at radius 3 is 2.39 bits per heavy atom. The summed E-state index contributed by atoms with van der Waals surface area (Å²) < 4.78 is 92.4. The zero-order valence-electron chi connectivity index (χ0n) is 18.7. The van der Waals surface area contributed by atoms with E-state index in [4.69, 9.17) is 4.74 Å². The second kappa shape index (κ2) is 8.39. The van der Waals surface area contributed by atoms with Crippen molar-refractivity contribution in [3.8, 4) is 16.9 Å². The van der Waals surface area contributed by atoms with E-state index in [1.807, 2.05) is 6.08 Å². The van der Waals surface area contributed by atoms with Crippen molar-refractivity contribution >= 4 is 17.1 Å². The fraction of sp³-hybridized carbons (Fsp3) is 0.231. The Morgan fingerprint density at radius 1 is 0.806 bits per heavy atom. The number of hydrazine groups is 1. The molecule has 1 fully saturated rings. The van der Waals surface area contributed by atoms with Crippen molar-refractivity contribution in [2.24, 2.45) is 0 Å². The van der Waals surface area contributed by atoms with Crippen molar-refractivity contribution < 1.29 is 31.1 Å². The minimum atomic E-state index is -1.46. The predicted octanol–water partition coefficient (Wildman–Crippen LogP) is 5.68. The maximum atomic E-state index is 15.5. The summed E-state index contributed by atoms with van der Waals surface area (Å²) in [5.41, 5.74) is 0.580. The molecule has 0 spiro atoms. The second-order valence-corrected chi connectivity index (χ2v) is 8.83. The molecule has 6 rings (SSSR count). The van der Waals surface area contributed by atoms with Crippen LogP contribution in [0.2, 0.25) is 0 Å². The molecule has 36 heavy (non-hydrogen) atoms. The molecule has 3 aromatic carbocycles. The van der Waals surface area contributed by atoms with Crippen molar-refractivity contribution in [2.45, 2.75) is 6.17 Å². The molecule has 3 heterocycles. The Balaban J connectivity index is 1.59. The lowest BCUT2D eigenvalue weighted by atomic mass is 9.93. The molecule has 0 N–H and O–H groups in total. The first-order valence-corrected chi connectivity index (χ1v) is 11.4. The number of alkyl halides is 1. The topological polar surface area (TPSA) is 19.0 Å². The third-order valence-corrected chi connectivity index (χ3v) is 6.61. The molecule has 0 unspecified atom stereocenters. The molecule has 3 aliphatic heterocycles. The van der Waals surface area contributed by atoms with Crippen molar-refractivity contribution in [3.05, 3.63) is 83.2 Å². The Kier molecular flexibility index (Phi) is 5.27. The van der Waals surface area contributed by atoms with E-state index in [0.29, 0.717) is 28.8 Å². The predicted molar refractivity (Wildman–Crippen MR) is 123 cm³/mol. The maximum Gasteiger partial charge on any atom is 0.167 e. The Morgan fingerprint density at radius 2 is 1.61 bits per heavy atom. The van der Waals surface area contributed by atoms with Gasteiger partial charge in [0, 0.05) is 34.5 Å². The van der Waals surface area contributed by atoms with Crippen molar-refractivity contribution in [1.29, 1.82) is 0 Å². The van der Waals surface area contributed by atoms with Crippen LogP contribution in [0.1, 0.15) is 5.56 Å². The third kappa shape index (κ3) is 3.54.